The van der Waals surface area contributed by atoms with Gasteiger partial charge in [0.15, 0.2) is 0 Å². The maximum absolute atomic E-state index is 13.3. The SMILES string of the molecule is O=[N+]([O-])c1ccc(Sc2cc(Cl)cc(Cl)c2)c(S(=O)(=O)N[C@H]2CN3CCC2CC3)c1. The van der Waals surface area contributed by atoms with Crippen molar-refractivity contribution >= 4 is 50.7 Å². The summed E-state index contributed by atoms with van der Waals surface area (Å²) in [6.07, 6.45) is 1.90. The second-order valence-corrected chi connectivity index (χ2v) is 11.1. The van der Waals surface area contributed by atoms with Gasteiger partial charge in [-0.15, -0.1) is 0 Å². The summed E-state index contributed by atoms with van der Waals surface area (Å²) in [4.78, 5) is 13.8. The highest BCUT2D eigenvalue weighted by Crippen LogP contribution is 2.38. The predicted octanol–water partition coefficient (Wildman–Crippen LogP) is 4.43. The molecule has 0 aliphatic carbocycles. The minimum Gasteiger partial charge on any atom is -0.302 e. The van der Waals surface area contributed by atoms with Crippen LogP contribution >= 0.6 is 35.0 Å². The smallest absolute Gasteiger partial charge is 0.270 e. The highest BCUT2D eigenvalue weighted by molar-refractivity contribution is 8.00. The van der Waals surface area contributed by atoms with Crippen LogP contribution in [0.15, 0.2) is 51.1 Å². The molecule has 3 fully saturated rings. The summed E-state index contributed by atoms with van der Waals surface area (Å²) < 4.78 is 29.4. The number of piperidine rings is 3. The lowest BCUT2D eigenvalue weighted by Gasteiger charge is -2.44. The van der Waals surface area contributed by atoms with Gasteiger partial charge in [-0.25, -0.2) is 13.1 Å². The zero-order valence-corrected chi connectivity index (χ0v) is 18.9. The third-order valence-corrected chi connectivity index (χ3v) is 8.60. The average Bonchev–Trinajstić information content (AvgIpc) is 2.68. The lowest BCUT2D eigenvalue weighted by atomic mass is 9.85. The molecule has 3 heterocycles. The van der Waals surface area contributed by atoms with E-state index >= 15 is 0 Å². The molecule has 5 rings (SSSR count). The molecule has 0 saturated carbocycles. The van der Waals surface area contributed by atoms with Crippen molar-refractivity contribution in [2.24, 2.45) is 5.92 Å². The largest absolute Gasteiger partial charge is 0.302 e. The van der Waals surface area contributed by atoms with Crippen molar-refractivity contribution in [1.29, 1.82) is 0 Å². The standard InChI is InChI=1S/C19H19Cl2N3O4S2/c20-13-7-14(21)9-16(8-13)29-18-2-1-15(24(25)26)10-19(18)30(27,28)22-17-11-23-5-3-12(17)4-6-23/h1-2,7-10,12,17,22H,3-6,11H2/t17-/m0/s1. The first-order chi connectivity index (χ1) is 14.2. The Morgan fingerprint density at radius 2 is 1.77 bits per heavy atom. The van der Waals surface area contributed by atoms with E-state index in [0.717, 1.165) is 43.8 Å². The number of fused-ring (bicyclic) bond motifs is 3. The number of sulfonamides is 1. The lowest BCUT2D eigenvalue weighted by Crippen LogP contribution is -2.57. The molecule has 1 atom stereocenters. The van der Waals surface area contributed by atoms with Crippen LogP contribution in [0.25, 0.3) is 0 Å². The maximum atomic E-state index is 13.3. The molecule has 0 spiro atoms. The molecule has 0 aromatic heterocycles. The van der Waals surface area contributed by atoms with Crippen molar-refractivity contribution in [2.75, 3.05) is 19.6 Å². The zero-order valence-electron chi connectivity index (χ0n) is 15.8. The number of nitro groups is 1. The molecule has 30 heavy (non-hydrogen) atoms. The molecule has 7 nitrogen and oxygen atoms in total. The van der Waals surface area contributed by atoms with Gasteiger partial charge in [-0.2, -0.15) is 0 Å². The molecule has 3 aliphatic heterocycles. The molecule has 2 aromatic carbocycles. The summed E-state index contributed by atoms with van der Waals surface area (Å²) in [6.45, 7) is 2.62. The van der Waals surface area contributed by atoms with Crippen LogP contribution in [0.5, 0.6) is 0 Å². The zero-order chi connectivity index (χ0) is 21.5. The predicted molar refractivity (Wildman–Crippen MR) is 117 cm³/mol. The molecular weight excluding hydrogens is 469 g/mol. The number of hydrogen-bond donors (Lipinski definition) is 1. The Labute approximate surface area is 188 Å². The van der Waals surface area contributed by atoms with Gasteiger partial charge in [-0.3, -0.25) is 10.1 Å². The van der Waals surface area contributed by atoms with E-state index in [-0.39, 0.29) is 22.5 Å². The number of halogens is 2. The Bertz CT molecular complexity index is 1070. The van der Waals surface area contributed by atoms with Gasteiger partial charge in [0, 0.05) is 44.6 Å². The lowest BCUT2D eigenvalue weighted by molar-refractivity contribution is -0.385. The molecule has 3 saturated heterocycles. The van der Waals surface area contributed by atoms with Crippen LogP contribution in [-0.2, 0) is 10.0 Å². The van der Waals surface area contributed by atoms with Crippen LogP contribution in [0.1, 0.15) is 12.8 Å². The first-order valence-electron chi connectivity index (χ1n) is 9.38. The maximum Gasteiger partial charge on any atom is 0.270 e. The summed E-state index contributed by atoms with van der Waals surface area (Å²) in [5.41, 5.74) is -0.280. The minimum atomic E-state index is -3.98. The molecule has 160 valence electrons. The van der Waals surface area contributed by atoms with Crippen molar-refractivity contribution in [2.45, 2.75) is 33.6 Å². The summed E-state index contributed by atoms with van der Waals surface area (Å²) in [6, 6.07) is 8.56. The second kappa shape index (κ2) is 8.64. The number of rotatable bonds is 6. The van der Waals surface area contributed by atoms with Crippen LogP contribution in [0.4, 0.5) is 5.69 Å². The Morgan fingerprint density at radius 1 is 1.10 bits per heavy atom. The number of hydrogen-bond acceptors (Lipinski definition) is 6. The van der Waals surface area contributed by atoms with Gasteiger partial charge >= 0.3 is 0 Å². The van der Waals surface area contributed by atoms with E-state index in [4.69, 9.17) is 23.2 Å². The van der Waals surface area contributed by atoms with Crippen LogP contribution < -0.4 is 4.72 Å². The first kappa shape index (κ1) is 21.9. The topological polar surface area (TPSA) is 92.5 Å². The van der Waals surface area contributed by atoms with E-state index < -0.39 is 14.9 Å². The molecule has 2 bridgehead atoms. The Morgan fingerprint density at radius 3 is 2.33 bits per heavy atom. The number of nitrogens with zero attached hydrogens (tertiary/aromatic N) is 2. The van der Waals surface area contributed by atoms with Gasteiger partial charge in [-0.05, 0) is 56.1 Å². The molecule has 0 amide bonds. The molecular formula is C19H19Cl2N3O4S2. The molecule has 0 unspecified atom stereocenters. The number of benzene rings is 2. The van der Waals surface area contributed by atoms with Crippen molar-refractivity contribution in [3.05, 3.63) is 56.6 Å². The molecule has 2 aromatic rings. The monoisotopic (exact) mass is 487 g/mol. The van der Waals surface area contributed by atoms with Gasteiger partial charge in [0.2, 0.25) is 10.0 Å². The fourth-order valence-electron chi connectivity index (χ4n) is 3.98. The normalized spacial score (nSPS) is 23.5. The van der Waals surface area contributed by atoms with Crippen LogP contribution in [0.3, 0.4) is 0 Å². The van der Waals surface area contributed by atoms with E-state index in [1.165, 1.54) is 12.1 Å². The van der Waals surface area contributed by atoms with Gasteiger partial charge in [0.1, 0.15) is 4.90 Å². The van der Waals surface area contributed by atoms with Crippen LogP contribution in [0.2, 0.25) is 10.0 Å². The van der Waals surface area contributed by atoms with Gasteiger partial charge in [-0.1, -0.05) is 35.0 Å². The highest BCUT2D eigenvalue weighted by atomic mass is 35.5. The Balaban J connectivity index is 1.69. The summed E-state index contributed by atoms with van der Waals surface area (Å²) >= 11 is 13.3. The summed E-state index contributed by atoms with van der Waals surface area (Å²) in [5, 5.41) is 12.1. The number of nitro benzene ring substituents is 1. The molecule has 3 aliphatic rings. The van der Waals surface area contributed by atoms with Gasteiger partial charge in [0.25, 0.3) is 5.69 Å². The van der Waals surface area contributed by atoms with E-state index in [0.29, 0.717) is 26.4 Å². The summed E-state index contributed by atoms with van der Waals surface area (Å²) in [7, 11) is -3.98. The van der Waals surface area contributed by atoms with E-state index in [1.54, 1.807) is 18.2 Å². The Hall–Kier alpha value is -1.36. The van der Waals surface area contributed by atoms with Gasteiger partial charge < -0.3 is 4.90 Å². The number of nitrogens with one attached hydrogen (secondary N) is 1. The Kier molecular flexibility index (Phi) is 6.30. The summed E-state index contributed by atoms with van der Waals surface area (Å²) in [5.74, 6) is 0.284. The van der Waals surface area contributed by atoms with Crippen LogP contribution in [0, 0.1) is 16.0 Å². The quantitative estimate of drug-likeness (QED) is 0.478. The average molecular weight is 488 g/mol. The van der Waals surface area contributed by atoms with Crippen LogP contribution in [-0.4, -0.2) is 43.9 Å². The van der Waals surface area contributed by atoms with Crippen molar-refractivity contribution in [1.82, 2.24) is 9.62 Å². The number of non-ortho nitro benzene ring substituents is 1. The van der Waals surface area contributed by atoms with Crippen molar-refractivity contribution in [3.8, 4) is 0 Å². The van der Waals surface area contributed by atoms with E-state index in [1.807, 2.05) is 0 Å². The van der Waals surface area contributed by atoms with E-state index in [2.05, 4.69) is 9.62 Å². The third kappa shape index (κ3) is 4.76. The highest BCUT2D eigenvalue weighted by Gasteiger charge is 2.37. The second-order valence-electron chi connectivity index (χ2n) is 7.46. The fraction of sp³-hybridized carbons (Fsp3) is 0.368. The molecule has 11 heteroatoms. The molecule has 0 radical (unpaired) electrons. The van der Waals surface area contributed by atoms with Gasteiger partial charge in [0.05, 0.1) is 4.92 Å². The third-order valence-electron chi connectivity index (χ3n) is 5.45. The van der Waals surface area contributed by atoms with E-state index in [9.17, 15) is 18.5 Å². The molecule has 1 N–H and O–H groups in total. The van der Waals surface area contributed by atoms with Crippen molar-refractivity contribution in [3.63, 3.8) is 0 Å². The first-order valence-corrected chi connectivity index (χ1v) is 12.4. The van der Waals surface area contributed by atoms with Crippen molar-refractivity contribution < 1.29 is 13.3 Å². The fourth-order valence-corrected chi connectivity index (χ4v) is 7.41. The minimum absolute atomic E-state index is 0.116.